The van der Waals surface area contributed by atoms with Crippen molar-refractivity contribution in [1.82, 2.24) is 19.6 Å². The van der Waals surface area contributed by atoms with Gasteiger partial charge in [0.05, 0.1) is 0 Å². The third-order valence-electron chi connectivity index (χ3n) is 2.42. The van der Waals surface area contributed by atoms with Crippen LogP contribution in [0.15, 0.2) is 42.7 Å². The molecule has 0 fully saturated rings. The fraction of sp³-hybridized carbons (Fsp3) is 0. The summed E-state index contributed by atoms with van der Waals surface area (Å²) in [5, 5.41) is 6.56. The summed E-state index contributed by atoms with van der Waals surface area (Å²) in [4.78, 5) is 19.8. The highest BCUT2D eigenvalue weighted by molar-refractivity contribution is 6.01. The smallest absolute Gasteiger partial charge is 0.295 e. The molecule has 7 heteroatoms. The van der Waals surface area contributed by atoms with E-state index in [9.17, 15) is 9.18 Å². The van der Waals surface area contributed by atoms with E-state index in [-0.39, 0.29) is 11.6 Å². The minimum absolute atomic E-state index is 0.00280. The van der Waals surface area contributed by atoms with Gasteiger partial charge in [-0.25, -0.2) is 13.9 Å². The summed E-state index contributed by atoms with van der Waals surface area (Å²) in [7, 11) is 0. The first-order chi connectivity index (χ1) is 9.22. The largest absolute Gasteiger partial charge is 0.319 e. The van der Waals surface area contributed by atoms with Crippen molar-refractivity contribution in [2.75, 3.05) is 5.32 Å². The van der Waals surface area contributed by atoms with Gasteiger partial charge in [0, 0.05) is 18.1 Å². The number of amides is 1. The van der Waals surface area contributed by atoms with Gasteiger partial charge in [0.2, 0.25) is 5.82 Å². The Morgan fingerprint density at radius 1 is 1.26 bits per heavy atom. The monoisotopic (exact) mass is 257 g/mol. The van der Waals surface area contributed by atoms with E-state index in [0.29, 0.717) is 11.5 Å². The molecule has 1 N–H and O–H groups in total. The van der Waals surface area contributed by atoms with Gasteiger partial charge >= 0.3 is 0 Å². The van der Waals surface area contributed by atoms with E-state index in [4.69, 9.17) is 0 Å². The molecule has 19 heavy (non-hydrogen) atoms. The predicted molar refractivity (Wildman–Crippen MR) is 65.1 cm³/mol. The highest BCUT2D eigenvalue weighted by Crippen LogP contribution is 2.09. The summed E-state index contributed by atoms with van der Waals surface area (Å²) in [6.07, 6.45) is 3.20. The number of nitrogens with zero attached hydrogens (tertiary/aromatic N) is 4. The molecule has 1 amide bonds. The Hall–Kier alpha value is -2.83. The molecule has 6 nitrogen and oxygen atoms in total. The maximum Gasteiger partial charge on any atom is 0.295 e. The normalized spacial score (nSPS) is 10.6. The summed E-state index contributed by atoms with van der Waals surface area (Å²) in [6.45, 7) is 0. The number of nitrogens with one attached hydrogen (secondary N) is 1. The van der Waals surface area contributed by atoms with Gasteiger partial charge in [-0.05, 0) is 30.3 Å². The van der Waals surface area contributed by atoms with Crippen molar-refractivity contribution in [3.05, 3.63) is 54.4 Å². The summed E-state index contributed by atoms with van der Waals surface area (Å²) < 4.78 is 14.1. The van der Waals surface area contributed by atoms with Gasteiger partial charge in [0.15, 0.2) is 0 Å². The zero-order chi connectivity index (χ0) is 13.2. The minimum atomic E-state index is -0.475. The second-order valence-electron chi connectivity index (χ2n) is 3.76. The van der Waals surface area contributed by atoms with Crippen LogP contribution in [0.2, 0.25) is 0 Å². The van der Waals surface area contributed by atoms with Crippen molar-refractivity contribution < 1.29 is 9.18 Å². The molecule has 0 spiro atoms. The Morgan fingerprint density at radius 3 is 2.79 bits per heavy atom. The third-order valence-corrected chi connectivity index (χ3v) is 2.42. The number of hydrogen-bond acceptors (Lipinski definition) is 4. The van der Waals surface area contributed by atoms with Gasteiger partial charge in [0.1, 0.15) is 5.82 Å². The van der Waals surface area contributed by atoms with E-state index >= 15 is 0 Å². The Bertz CT molecular complexity index is 704. The van der Waals surface area contributed by atoms with Gasteiger partial charge in [0.25, 0.3) is 11.7 Å². The number of fused-ring (bicyclic) bond motifs is 1. The number of anilines is 1. The van der Waals surface area contributed by atoms with Gasteiger partial charge in [-0.2, -0.15) is 4.98 Å². The molecule has 0 atom stereocenters. The zero-order valence-electron chi connectivity index (χ0n) is 9.62. The molecule has 1 aromatic carbocycles. The summed E-state index contributed by atoms with van der Waals surface area (Å²) in [6, 6.07) is 7.12. The predicted octanol–water partition coefficient (Wildman–Crippen LogP) is 1.52. The van der Waals surface area contributed by atoms with Gasteiger partial charge in [-0.15, -0.1) is 5.10 Å². The molecule has 0 saturated carbocycles. The molecule has 0 bridgehead atoms. The lowest BCUT2D eigenvalue weighted by molar-refractivity contribution is 0.101. The molecular formula is C12H8FN5O. The van der Waals surface area contributed by atoms with Crippen molar-refractivity contribution in [3.8, 4) is 0 Å². The van der Waals surface area contributed by atoms with E-state index in [1.165, 1.54) is 28.8 Å². The summed E-state index contributed by atoms with van der Waals surface area (Å²) in [5.74, 6) is -0.500. The van der Waals surface area contributed by atoms with Crippen LogP contribution in [0.25, 0.3) is 5.78 Å². The average Bonchev–Trinajstić information content (AvgIpc) is 2.85. The van der Waals surface area contributed by atoms with Crippen LogP contribution in [-0.4, -0.2) is 25.5 Å². The van der Waals surface area contributed by atoms with Crippen molar-refractivity contribution in [2.45, 2.75) is 0 Å². The van der Waals surface area contributed by atoms with Crippen molar-refractivity contribution >= 4 is 17.4 Å². The average molecular weight is 257 g/mol. The topological polar surface area (TPSA) is 72.2 Å². The number of rotatable bonds is 2. The van der Waals surface area contributed by atoms with Crippen molar-refractivity contribution in [1.29, 1.82) is 0 Å². The van der Waals surface area contributed by atoms with E-state index < -0.39 is 5.91 Å². The van der Waals surface area contributed by atoms with Crippen LogP contribution < -0.4 is 5.32 Å². The van der Waals surface area contributed by atoms with Crippen molar-refractivity contribution in [2.24, 2.45) is 0 Å². The lowest BCUT2D eigenvalue weighted by Gasteiger charge is -2.01. The van der Waals surface area contributed by atoms with Gasteiger partial charge in [-0.1, -0.05) is 0 Å². The first-order valence-corrected chi connectivity index (χ1v) is 5.47. The molecule has 0 unspecified atom stereocenters. The SMILES string of the molecule is O=C(Nc1ccc(F)cc1)c1nc2ncccn2n1. The molecule has 2 heterocycles. The number of hydrogen-bond donors (Lipinski definition) is 1. The van der Waals surface area contributed by atoms with Crippen LogP contribution in [0.1, 0.15) is 10.6 Å². The highest BCUT2D eigenvalue weighted by Gasteiger charge is 2.13. The number of aromatic nitrogens is 4. The highest BCUT2D eigenvalue weighted by atomic mass is 19.1. The zero-order valence-corrected chi connectivity index (χ0v) is 9.62. The molecule has 2 aromatic heterocycles. The first kappa shape index (κ1) is 11.3. The quantitative estimate of drug-likeness (QED) is 0.755. The molecule has 3 rings (SSSR count). The van der Waals surface area contributed by atoms with E-state index in [1.54, 1.807) is 18.5 Å². The van der Waals surface area contributed by atoms with E-state index in [2.05, 4.69) is 20.4 Å². The Kier molecular flexibility index (Phi) is 2.64. The number of carbonyl (C=O) groups excluding carboxylic acids is 1. The number of benzene rings is 1. The fourth-order valence-electron chi connectivity index (χ4n) is 1.55. The number of carbonyl (C=O) groups is 1. The second-order valence-corrected chi connectivity index (χ2v) is 3.76. The number of halogens is 1. The van der Waals surface area contributed by atoms with Crippen LogP contribution in [0.4, 0.5) is 10.1 Å². The Labute approximate surface area is 106 Å². The molecular weight excluding hydrogens is 249 g/mol. The molecule has 0 aliphatic rings. The van der Waals surface area contributed by atoms with Gasteiger partial charge in [-0.3, -0.25) is 4.79 Å². The van der Waals surface area contributed by atoms with Crippen LogP contribution in [0.5, 0.6) is 0 Å². The second kappa shape index (κ2) is 4.45. The molecule has 0 aliphatic carbocycles. The maximum atomic E-state index is 12.7. The molecule has 0 saturated heterocycles. The maximum absolute atomic E-state index is 12.7. The van der Waals surface area contributed by atoms with E-state index in [0.717, 1.165) is 0 Å². The summed E-state index contributed by atoms with van der Waals surface area (Å²) >= 11 is 0. The third kappa shape index (κ3) is 2.25. The molecule has 0 radical (unpaired) electrons. The van der Waals surface area contributed by atoms with Crippen LogP contribution in [-0.2, 0) is 0 Å². The minimum Gasteiger partial charge on any atom is -0.319 e. The standard InChI is InChI=1S/C12H8FN5O/c13-8-2-4-9(5-3-8)15-11(19)10-16-12-14-6-1-7-18(12)17-10/h1-7H,(H,15,19). The Morgan fingerprint density at radius 2 is 2.05 bits per heavy atom. The Balaban J connectivity index is 1.85. The van der Waals surface area contributed by atoms with Crippen LogP contribution >= 0.6 is 0 Å². The van der Waals surface area contributed by atoms with E-state index in [1.807, 2.05) is 0 Å². The fourth-order valence-corrected chi connectivity index (χ4v) is 1.55. The van der Waals surface area contributed by atoms with Crippen LogP contribution in [0.3, 0.4) is 0 Å². The molecule has 94 valence electrons. The lowest BCUT2D eigenvalue weighted by atomic mass is 10.3. The summed E-state index contributed by atoms with van der Waals surface area (Å²) in [5.41, 5.74) is 0.471. The first-order valence-electron chi connectivity index (χ1n) is 5.47. The van der Waals surface area contributed by atoms with Gasteiger partial charge < -0.3 is 5.32 Å². The lowest BCUT2D eigenvalue weighted by Crippen LogP contribution is -2.13. The van der Waals surface area contributed by atoms with Crippen molar-refractivity contribution in [3.63, 3.8) is 0 Å². The van der Waals surface area contributed by atoms with Crippen LogP contribution in [0, 0.1) is 5.82 Å². The molecule has 0 aliphatic heterocycles. The molecule has 3 aromatic rings.